The number of rotatable bonds is 5. The van der Waals surface area contributed by atoms with Gasteiger partial charge < -0.3 is 10.0 Å². The molecular formula is C8H17NO2S. The monoisotopic (exact) mass is 191 g/mol. The van der Waals surface area contributed by atoms with Crippen LogP contribution in [0.4, 0.5) is 0 Å². The predicted molar refractivity (Wildman–Crippen MR) is 52.3 cm³/mol. The maximum absolute atomic E-state index is 11.1. The smallest absolute Gasteiger partial charge is 0.222 e. The molecule has 0 aliphatic heterocycles. The lowest BCUT2D eigenvalue weighted by molar-refractivity contribution is -0.128. The van der Waals surface area contributed by atoms with Gasteiger partial charge in [0.05, 0.1) is 6.61 Å². The summed E-state index contributed by atoms with van der Waals surface area (Å²) in [5.74, 6) is 0.936. The quantitative estimate of drug-likeness (QED) is 0.691. The van der Waals surface area contributed by atoms with Crippen LogP contribution in [0.2, 0.25) is 0 Å². The van der Waals surface area contributed by atoms with Crippen LogP contribution in [-0.2, 0) is 4.79 Å². The van der Waals surface area contributed by atoms with Gasteiger partial charge in [-0.3, -0.25) is 4.79 Å². The summed E-state index contributed by atoms with van der Waals surface area (Å²) in [5, 5.41) is 8.93. The highest BCUT2D eigenvalue weighted by Crippen LogP contribution is 2.10. The van der Waals surface area contributed by atoms with Gasteiger partial charge >= 0.3 is 0 Å². The van der Waals surface area contributed by atoms with Crippen LogP contribution in [0.1, 0.15) is 13.3 Å². The Morgan fingerprint density at radius 1 is 1.58 bits per heavy atom. The summed E-state index contributed by atoms with van der Waals surface area (Å²) in [6.45, 7) is 2.13. The normalized spacial score (nSPS) is 12.7. The molecule has 0 radical (unpaired) electrons. The molecule has 0 fully saturated rings. The number of hydrogen-bond acceptors (Lipinski definition) is 3. The van der Waals surface area contributed by atoms with Crippen LogP contribution in [0.25, 0.3) is 0 Å². The minimum absolute atomic E-state index is 0.146. The highest BCUT2D eigenvalue weighted by atomic mass is 32.2. The van der Waals surface area contributed by atoms with Crippen molar-refractivity contribution in [1.82, 2.24) is 4.90 Å². The molecule has 0 aromatic heterocycles. The van der Waals surface area contributed by atoms with E-state index in [1.54, 1.807) is 30.8 Å². The molecule has 0 aliphatic carbocycles. The van der Waals surface area contributed by atoms with E-state index in [0.717, 1.165) is 5.75 Å². The van der Waals surface area contributed by atoms with E-state index in [2.05, 4.69) is 0 Å². The fourth-order valence-corrected chi connectivity index (χ4v) is 1.42. The highest BCUT2D eigenvalue weighted by molar-refractivity contribution is 7.99. The molecule has 1 N–H and O–H groups in total. The fourth-order valence-electron chi connectivity index (χ4n) is 0.624. The SMILES string of the molecule is CC(CO)SCCC(=O)N(C)C. The maximum Gasteiger partial charge on any atom is 0.222 e. The van der Waals surface area contributed by atoms with Gasteiger partial charge in [0.1, 0.15) is 0 Å². The molecule has 1 atom stereocenters. The second-order valence-corrected chi connectivity index (χ2v) is 4.45. The van der Waals surface area contributed by atoms with Gasteiger partial charge in [-0.05, 0) is 0 Å². The number of aliphatic hydroxyl groups excluding tert-OH is 1. The fraction of sp³-hybridized carbons (Fsp3) is 0.875. The summed E-state index contributed by atoms with van der Waals surface area (Å²) in [6.07, 6.45) is 0.558. The molecule has 0 saturated heterocycles. The molecule has 72 valence electrons. The number of carbonyl (C=O) groups is 1. The Hall–Kier alpha value is -0.220. The van der Waals surface area contributed by atoms with Crippen molar-refractivity contribution >= 4 is 17.7 Å². The van der Waals surface area contributed by atoms with Gasteiger partial charge in [-0.25, -0.2) is 0 Å². The van der Waals surface area contributed by atoms with Crippen molar-refractivity contribution in [3.05, 3.63) is 0 Å². The number of thioether (sulfide) groups is 1. The zero-order valence-corrected chi connectivity index (χ0v) is 8.73. The molecule has 0 heterocycles. The van der Waals surface area contributed by atoms with Crippen LogP contribution in [0.3, 0.4) is 0 Å². The first kappa shape index (κ1) is 11.8. The topological polar surface area (TPSA) is 40.5 Å². The Bertz CT molecular complexity index is 139. The van der Waals surface area contributed by atoms with Crippen LogP contribution in [0.15, 0.2) is 0 Å². The standard InChI is InChI=1S/C8H17NO2S/c1-7(6-10)12-5-4-8(11)9(2)3/h7,10H,4-6H2,1-3H3. The molecule has 1 amide bonds. The summed E-state index contributed by atoms with van der Waals surface area (Å²) in [7, 11) is 3.50. The predicted octanol–water partition coefficient (Wildman–Crippen LogP) is 0.579. The second kappa shape index (κ2) is 6.31. The third-order valence-corrected chi connectivity index (χ3v) is 2.63. The lowest BCUT2D eigenvalue weighted by Crippen LogP contribution is -2.22. The summed E-state index contributed by atoms with van der Waals surface area (Å²) < 4.78 is 0. The average Bonchev–Trinajstić information content (AvgIpc) is 2.03. The van der Waals surface area contributed by atoms with E-state index in [-0.39, 0.29) is 17.8 Å². The zero-order chi connectivity index (χ0) is 9.56. The lowest BCUT2D eigenvalue weighted by Gasteiger charge is -2.11. The van der Waals surface area contributed by atoms with Gasteiger partial charge in [-0.15, -0.1) is 0 Å². The van der Waals surface area contributed by atoms with Crippen molar-refractivity contribution in [3.63, 3.8) is 0 Å². The van der Waals surface area contributed by atoms with E-state index in [1.165, 1.54) is 0 Å². The highest BCUT2D eigenvalue weighted by Gasteiger charge is 2.05. The molecule has 0 rings (SSSR count). The van der Waals surface area contributed by atoms with Crippen molar-refractivity contribution in [2.24, 2.45) is 0 Å². The number of nitrogens with zero attached hydrogens (tertiary/aromatic N) is 1. The number of amides is 1. The molecule has 0 aromatic carbocycles. The van der Waals surface area contributed by atoms with Crippen LogP contribution >= 0.6 is 11.8 Å². The Kier molecular flexibility index (Phi) is 6.20. The molecule has 4 heteroatoms. The van der Waals surface area contributed by atoms with E-state index in [9.17, 15) is 4.79 Å². The molecule has 1 unspecified atom stereocenters. The number of hydrogen-bond donors (Lipinski definition) is 1. The van der Waals surface area contributed by atoms with E-state index in [0.29, 0.717) is 6.42 Å². The zero-order valence-electron chi connectivity index (χ0n) is 7.91. The molecule has 3 nitrogen and oxygen atoms in total. The summed E-state index contributed by atoms with van der Waals surface area (Å²) in [4.78, 5) is 12.7. The van der Waals surface area contributed by atoms with E-state index < -0.39 is 0 Å². The first-order valence-electron chi connectivity index (χ1n) is 4.00. The van der Waals surface area contributed by atoms with Gasteiger partial charge in [-0.2, -0.15) is 11.8 Å². The minimum atomic E-state index is 0.146. The van der Waals surface area contributed by atoms with E-state index >= 15 is 0 Å². The largest absolute Gasteiger partial charge is 0.395 e. The second-order valence-electron chi connectivity index (χ2n) is 2.90. The van der Waals surface area contributed by atoms with Gasteiger partial charge in [0, 0.05) is 31.5 Å². The first-order chi connectivity index (χ1) is 5.57. The Labute approximate surface area is 78.1 Å². The average molecular weight is 191 g/mol. The maximum atomic E-state index is 11.1. The number of aliphatic hydroxyl groups is 1. The van der Waals surface area contributed by atoms with Crippen LogP contribution < -0.4 is 0 Å². The van der Waals surface area contributed by atoms with E-state index in [1.807, 2.05) is 6.92 Å². The molecule has 0 spiro atoms. The van der Waals surface area contributed by atoms with E-state index in [4.69, 9.17) is 5.11 Å². The Balaban J connectivity index is 3.37. The van der Waals surface area contributed by atoms with Crippen LogP contribution in [0.5, 0.6) is 0 Å². The molecule has 0 bridgehead atoms. The van der Waals surface area contributed by atoms with Crippen molar-refractivity contribution in [1.29, 1.82) is 0 Å². The summed E-state index contributed by atoms with van der Waals surface area (Å²) in [6, 6.07) is 0. The number of carbonyl (C=O) groups excluding carboxylic acids is 1. The van der Waals surface area contributed by atoms with Crippen LogP contribution in [-0.4, -0.2) is 47.6 Å². The summed E-state index contributed by atoms with van der Waals surface area (Å²) in [5.41, 5.74) is 0. The van der Waals surface area contributed by atoms with Gasteiger partial charge in [-0.1, -0.05) is 6.92 Å². The Morgan fingerprint density at radius 2 is 2.17 bits per heavy atom. The molecule has 0 aliphatic rings. The molecule has 12 heavy (non-hydrogen) atoms. The van der Waals surface area contributed by atoms with Gasteiger partial charge in [0.15, 0.2) is 0 Å². The first-order valence-corrected chi connectivity index (χ1v) is 5.05. The third-order valence-electron chi connectivity index (χ3n) is 1.47. The minimum Gasteiger partial charge on any atom is -0.395 e. The van der Waals surface area contributed by atoms with Crippen LogP contribution in [0, 0.1) is 0 Å². The van der Waals surface area contributed by atoms with Gasteiger partial charge in [0.2, 0.25) is 5.91 Å². The molecule has 0 aromatic rings. The van der Waals surface area contributed by atoms with Gasteiger partial charge in [0.25, 0.3) is 0 Å². The van der Waals surface area contributed by atoms with Crippen molar-refractivity contribution < 1.29 is 9.90 Å². The summed E-state index contributed by atoms with van der Waals surface area (Å²) >= 11 is 1.62. The Morgan fingerprint density at radius 3 is 2.58 bits per heavy atom. The molecule has 0 saturated carbocycles. The van der Waals surface area contributed by atoms with Crippen molar-refractivity contribution in [2.75, 3.05) is 26.5 Å². The van der Waals surface area contributed by atoms with Crippen molar-refractivity contribution in [3.8, 4) is 0 Å². The lowest BCUT2D eigenvalue weighted by atomic mass is 10.4. The third kappa shape index (κ3) is 5.43. The van der Waals surface area contributed by atoms with Crippen molar-refractivity contribution in [2.45, 2.75) is 18.6 Å². The molecular weight excluding hydrogens is 174 g/mol.